The summed E-state index contributed by atoms with van der Waals surface area (Å²) in [5.74, 6) is 3.09. The van der Waals surface area contributed by atoms with Crippen LogP contribution in [0.1, 0.15) is 43.4 Å². The fourth-order valence-corrected chi connectivity index (χ4v) is 3.34. The maximum Gasteiger partial charge on any atom is 0.211 e. The Labute approximate surface area is 140 Å². The molecule has 1 aliphatic rings. The van der Waals surface area contributed by atoms with Gasteiger partial charge in [-0.05, 0) is 32.9 Å². The van der Waals surface area contributed by atoms with E-state index in [4.69, 9.17) is 4.42 Å². The summed E-state index contributed by atoms with van der Waals surface area (Å²) < 4.78 is 6.00. The standard InChI is InChI=1S/C18H21N5O/c1-13(18-19-11-16(24-18)14-5-3-2-4-6-14)23-9-7-15(8-10-23)17-20-12-21-22-17/h2-6,11-13,15H,7-10H2,1H3,(H,20,21,22). The van der Waals surface area contributed by atoms with E-state index in [0.717, 1.165) is 49.0 Å². The van der Waals surface area contributed by atoms with Crippen molar-refractivity contribution in [3.8, 4) is 11.3 Å². The first-order chi connectivity index (χ1) is 11.8. The molecule has 0 saturated carbocycles. The molecule has 1 unspecified atom stereocenters. The Hall–Kier alpha value is -2.47. The van der Waals surface area contributed by atoms with Gasteiger partial charge in [-0.3, -0.25) is 10.00 Å². The lowest BCUT2D eigenvalue weighted by Gasteiger charge is -2.33. The van der Waals surface area contributed by atoms with E-state index in [1.807, 2.05) is 36.5 Å². The van der Waals surface area contributed by atoms with Crippen molar-refractivity contribution in [1.82, 2.24) is 25.1 Å². The van der Waals surface area contributed by atoms with Crippen LogP contribution < -0.4 is 0 Å². The molecule has 124 valence electrons. The summed E-state index contributed by atoms with van der Waals surface area (Å²) >= 11 is 0. The smallest absolute Gasteiger partial charge is 0.211 e. The summed E-state index contributed by atoms with van der Waals surface area (Å²) in [4.78, 5) is 11.2. The lowest BCUT2D eigenvalue weighted by Crippen LogP contribution is -2.35. The van der Waals surface area contributed by atoms with Gasteiger partial charge in [0.05, 0.1) is 12.2 Å². The van der Waals surface area contributed by atoms with E-state index in [-0.39, 0.29) is 6.04 Å². The van der Waals surface area contributed by atoms with Gasteiger partial charge in [0.1, 0.15) is 12.2 Å². The zero-order valence-corrected chi connectivity index (χ0v) is 13.7. The van der Waals surface area contributed by atoms with Gasteiger partial charge in [0.25, 0.3) is 0 Å². The molecular weight excluding hydrogens is 302 g/mol. The maximum absolute atomic E-state index is 6.00. The molecule has 0 amide bonds. The third-order valence-electron chi connectivity index (χ3n) is 4.84. The van der Waals surface area contributed by atoms with Crippen LogP contribution >= 0.6 is 0 Å². The summed E-state index contributed by atoms with van der Waals surface area (Å²) in [5.41, 5.74) is 1.06. The molecule has 0 bridgehead atoms. The molecule has 1 N–H and O–H groups in total. The van der Waals surface area contributed by atoms with Crippen molar-refractivity contribution in [3.05, 3.63) is 54.6 Å². The minimum absolute atomic E-state index is 0.179. The van der Waals surface area contributed by atoms with Crippen molar-refractivity contribution in [2.75, 3.05) is 13.1 Å². The van der Waals surface area contributed by atoms with Gasteiger partial charge < -0.3 is 4.42 Å². The second kappa shape index (κ2) is 6.57. The number of aromatic amines is 1. The first kappa shape index (κ1) is 15.1. The van der Waals surface area contributed by atoms with Gasteiger partial charge in [0.2, 0.25) is 5.89 Å². The quantitative estimate of drug-likeness (QED) is 0.797. The highest BCUT2D eigenvalue weighted by molar-refractivity contribution is 5.55. The molecule has 24 heavy (non-hydrogen) atoms. The predicted octanol–water partition coefficient (Wildman–Crippen LogP) is 3.40. The Balaban J connectivity index is 1.42. The molecule has 4 rings (SSSR count). The van der Waals surface area contributed by atoms with Crippen LogP contribution in [0.3, 0.4) is 0 Å². The number of piperidine rings is 1. The van der Waals surface area contributed by atoms with Gasteiger partial charge in [-0.25, -0.2) is 9.97 Å². The fraction of sp³-hybridized carbons (Fsp3) is 0.389. The molecule has 0 aliphatic carbocycles. The molecule has 6 heteroatoms. The molecule has 1 atom stereocenters. The van der Waals surface area contributed by atoms with Gasteiger partial charge in [-0.15, -0.1) is 0 Å². The minimum atomic E-state index is 0.179. The van der Waals surface area contributed by atoms with E-state index in [0.29, 0.717) is 5.92 Å². The Bertz CT molecular complexity index is 760. The van der Waals surface area contributed by atoms with Crippen LogP contribution in [0.15, 0.2) is 47.3 Å². The average molecular weight is 323 g/mol. The summed E-state index contributed by atoms with van der Waals surface area (Å²) in [6.07, 6.45) is 5.56. The Morgan fingerprint density at radius 1 is 1.17 bits per heavy atom. The second-order valence-electron chi connectivity index (χ2n) is 6.29. The number of hydrogen-bond donors (Lipinski definition) is 1. The van der Waals surface area contributed by atoms with E-state index in [1.54, 1.807) is 6.33 Å². The number of hydrogen-bond acceptors (Lipinski definition) is 5. The number of aromatic nitrogens is 4. The molecule has 1 aromatic carbocycles. The van der Waals surface area contributed by atoms with Crippen molar-refractivity contribution in [3.63, 3.8) is 0 Å². The van der Waals surface area contributed by atoms with Gasteiger partial charge in [0, 0.05) is 11.5 Å². The van der Waals surface area contributed by atoms with E-state index in [2.05, 4.69) is 32.0 Å². The number of rotatable bonds is 4. The van der Waals surface area contributed by atoms with Crippen LogP contribution in [0.25, 0.3) is 11.3 Å². The van der Waals surface area contributed by atoms with Crippen LogP contribution in [0.5, 0.6) is 0 Å². The van der Waals surface area contributed by atoms with Gasteiger partial charge in [0.15, 0.2) is 5.76 Å². The van der Waals surface area contributed by atoms with Crippen molar-refractivity contribution < 1.29 is 4.42 Å². The minimum Gasteiger partial charge on any atom is -0.439 e. The normalized spacial score (nSPS) is 17.9. The molecular formula is C18H21N5O. The highest BCUT2D eigenvalue weighted by atomic mass is 16.4. The van der Waals surface area contributed by atoms with Crippen LogP contribution in [0.4, 0.5) is 0 Å². The largest absolute Gasteiger partial charge is 0.439 e. The summed E-state index contributed by atoms with van der Waals surface area (Å²) in [6.45, 7) is 4.18. The third kappa shape index (κ3) is 2.97. The number of oxazole rings is 1. The van der Waals surface area contributed by atoms with Gasteiger partial charge in [-0.1, -0.05) is 30.3 Å². The number of benzene rings is 1. The molecule has 1 fully saturated rings. The fourth-order valence-electron chi connectivity index (χ4n) is 3.34. The Morgan fingerprint density at radius 2 is 1.96 bits per heavy atom. The number of nitrogens with one attached hydrogen (secondary N) is 1. The number of nitrogens with zero attached hydrogens (tertiary/aromatic N) is 4. The van der Waals surface area contributed by atoms with Crippen molar-refractivity contribution in [2.45, 2.75) is 31.7 Å². The molecule has 1 aliphatic heterocycles. The van der Waals surface area contributed by atoms with Crippen molar-refractivity contribution in [1.29, 1.82) is 0 Å². The van der Waals surface area contributed by atoms with E-state index >= 15 is 0 Å². The van der Waals surface area contributed by atoms with E-state index < -0.39 is 0 Å². The lowest BCUT2D eigenvalue weighted by molar-refractivity contribution is 0.141. The van der Waals surface area contributed by atoms with Crippen LogP contribution in [-0.2, 0) is 0 Å². The maximum atomic E-state index is 6.00. The Morgan fingerprint density at radius 3 is 2.67 bits per heavy atom. The molecule has 3 heterocycles. The first-order valence-electron chi connectivity index (χ1n) is 8.41. The Kier molecular flexibility index (Phi) is 4.13. The first-order valence-corrected chi connectivity index (χ1v) is 8.41. The summed E-state index contributed by atoms with van der Waals surface area (Å²) in [7, 11) is 0. The zero-order chi connectivity index (χ0) is 16.4. The predicted molar refractivity (Wildman–Crippen MR) is 90.3 cm³/mol. The molecule has 6 nitrogen and oxygen atoms in total. The van der Waals surface area contributed by atoms with E-state index in [1.165, 1.54) is 0 Å². The SMILES string of the molecule is CC(c1ncc(-c2ccccc2)o1)N1CCC(c2ncn[nH]2)CC1. The summed E-state index contributed by atoms with van der Waals surface area (Å²) in [5, 5.41) is 6.95. The zero-order valence-electron chi connectivity index (χ0n) is 13.7. The van der Waals surface area contributed by atoms with Crippen LogP contribution in [-0.4, -0.2) is 38.2 Å². The summed E-state index contributed by atoms with van der Waals surface area (Å²) in [6, 6.07) is 10.3. The average Bonchev–Trinajstić information content (AvgIpc) is 3.34. The lowest BCUT2D eigenvalue weighted by atomic mass is 9.95. The molecule has 0 spiro atoms. The number of H-pyrrole nitrogens is 1. The van der Waals surface area contributed by atoms with Gasteiger partial charge in [-0.2, -0.15) is 5.10 Å². The monoisotopic (exact) mass is 323 g/mol. The topological polar surface area (TPSA) is 70.8 Å². The molecule has 1 saturated heterocycles. The van der Waals surface area contributed by atoms with Crippen LogP contribution in [0.2, 0.25) is 0 Å². The second-order valence-corrected chi connectivity index (χ2v) is 6.29. The highest BCUT2D eigenvalue weighted by Crippen LogP contribution is 2.31. The molecule has 3 aromatic rings. The highest BCUT2D eigenvalue weighted by Gasteiger charge is 2.28. The van der Waals surface area contributed by atoms with E-state index in [9.17, 15) is 0 Å². The number of likely N-dealkylation sites (tertiary alicyclic amines) is 1. The van der Waals surface area contributed by atoms with Crippen molar-refractivity contribution in [2.24, 2.45) is 0 Å². The third-order valence-corrected chi connectivity index (χ3v) is 4.84. The molecule has 0 radical (unpaired) electrons. The van der Waals surface area contributed by atoms with Crippen molar-refractivity contribution >= 4 is 0 Å². The molecule has 2 aromatic heterocycles. The van der Waals surface area contributed by atoms with Gasteiger partial charge >= 0.3 is 0 Å². The van der Waals surface area contributed by atoms with Crippen LogP contribution in [0, 0.1) is 0 Å².